The Balaban J connectivity index is 0.00000196. The first-order valence-electron chi connectivity index (χ1n) is 9.58. The van der Waals surface area contributed by atoms with Crippen LogP contribution in [0.4, 0.5) is 0 Å². The van der Waals surface area contributed by atoms with Gasteiger partial charge >= 0.3 is 0 Å². The van der Waals surface area contributed by atoms with Gasteiger partial charge in [0, 0.05) is 22.9 Å². The maximum Gasteiger partial charge on any atom is 0.223 e. The van der Waals surface area contributed by atoms with Crippen molar-refractivity contribution in [3.63, 3.8) is 0 Å². The second-order valence-electron chi connectivity index (χ2n) is 8.01. The number of rotatable bonds is 3. The average Bonchev–Trinajstić information content (AvgIpc) is 2.92. The lowest BCUT2D eigenvalue weighted by molar-refractivity contribution is -0.128. The van der Waals surface area contributed by atoms with E-state index in [0.717, 1.165) is 35.1 Å². The number of benzene rings is 1. The predicted molar refractivity (Wildman–Crippen MR) is 106 cm³/mol. The van der Waals surface area contributed by atoms with Crippen LogP contribution in [0.3, 0.4) is 0 Å². The molecule has 1 aromatic heterocycles. The maximum atomic E-state index is 12.9. The minimum absolute atomic E-state index is 0. The van der Waals surface area contributed by atoms with Gasteiger partial charge in [0.15, 0.2) is 0 Å². The molecule has 142 valence electrons. The first-order chi connectivity index (χ1) is 12.0. The monoisotopic (exact) mass is 376 g/mol. The van der Waals surface area contributed by atoms with E-state index in [1.54, 1.807) is 0 Å². The van der Waals surface area contributed by atoms with Gasteiger partial charge in [0.1, 0.15) is 11.3 Å². The van der Waals surface area contributed by atoms with Gasteiger partial charge in [-0.25, -0.2) is 0 Å². The summed E-state index contributed by atoms with van der Waals surface area (Å²) in [6.45, 7) is 4.08. The van der Waals surface area contributed by atoms with Crippen molar-refractivity contribution in [3.05, 3.63) is 35.6 Å². The Morgan fingerprint density at radius 3 is 2.54 bits per heavy atom. The fourth-order valence-electron chi connectivity index (χ4n) is 5.01. The summed E-state index contributed by atoms with van der Waals surface area (Å²) in [5.41, 5.74) is 8.36. The Bertz CT molecular complexity index is 773. The number of carbonyl (C=O) groups is 1. The maximum absolute atomic E-state index is 12.9. The molecule has 2 aromatic rings. The molecule has 0 radical (unpaired) electrons. The van der Waals surface area contributed by atoms with E-state index in [2.05, 4.69) is 18.3 Å². The Morgan fingerprint density at radius 1 is 1.23 bits per heavy atom. The number of carbonyl (C=O) groups excluding carboxylic acids is 1. The Morgan fingerprint density at radius 2 is 1.88 bits per heavy atom. The molecule has 3 unspecified atom stereocenters. The second kappa shape index (κ2) is 7.61. The molecular weight excluding hydrogens is 348 g/mol. The van der Waals surface area contributed by atoms with E-state index < -0.39 is 0 Å². The molecule has 2 aliphatic carbocycles. The summed E-state index contributed by atoms with van der Waals surface area (Å²) in [5.74, 6) is 2.17. The van der Waals surface area contributed by atoms with E-state index in [9.17, 15) is 4.79 Å². The normalized spacial score (nSPS) is 29.0. The Kier molecular flexibility index (Phi) is 5.64. The summed E-state index contributed by atoms with van der Waals surface area (Å²) in [5, 5.41) is 4.32. The highest BCUT2D eigenvalue weighted by Crippen LogP contribution is 2.42. The van der Waals surface area contributed by atoms with Crippen LogP contribution in [0.5, 0.6) is 0 Å². The van der Waals surface area contributed by atoms with E-state index in [1.807, 2.05) is 25.1 Å². The molecule has 1 aromatic carbocycles. The zero-order valence-electron chi connectivity index (χ0n) is 15.5. The van der Waals surface area contributed by atoms with Crippen molar-refractivity contribution < 1.29 is 9.21 Å². The summed E-state index contributed by atoms with van der Waals surface area (Å²) in [6.07, 6.45) is 5.51. The minimum Gasteiger partial charge on any atom is -0.459 e. The molecule has 0 aliphatic heterocycles. The number of amides is 1. The number of hydrogen-bond acceptors (Lipinski definition) is 3. The average molecular weight is 377 g/mol. The van der Waals surface area contributed by atoms with E-state index >= 15 is 0 Å². The van der Waals surface area contributed by atoms with Gasteiger partial charge in [0.05, 0.1) is 6.04 Å². The van der Waals surface area contributed by atoms with Crippen molar-refractivity contribution in [2.45, 2.75) is 58.0 Å². The van der Waals surface area contributed by atoms with Gasteiger partial charge in [-0.3, -0.25) is 4.79 Å². The fourth-order valence-corrected chi connectivity index (χ4v) is 5.01. The number of hydrogen-bond donors (Lipinski definition) is 2. The molecule has 4 rings (SSSR count). The van der Waals surface area contributed by atoms with Crippen LogP contribution in [-0.2, 0) is 4.79 Å². The third-order valence-corrected chi connectivity index (χ3v) is 6.42. The summed E-state index contributed by atoms with van der Waals surface area (Å²) in [7, 11) is 0. The Labute approximate surface area is 161 Å². The molecule has 0 spiro atoms. The lowest BCUT2D eigenvalue weighted by Crippen LogP contribution is -2.49. The van der Waals surface area contributed by atoms with E-state index in [4.69, 9.17) is 10.2 Å². The molecule has 2 bridgehead atoms. The quantitative estimate of drug-likeness (QED) is 0.828. The highest BCUT2D eigenvalue weighted by atomic mass is 35.5. The van der Waals surface area contributed by atoms with Crippen molar-refractivity contribution in [1.29, 1.82) is 0 Å². The molecule has 3 N–H and O–H groups in total. The lowest BCUT2D eigenvalue weighted by atomic mass is 9.65. The van der Waals surface area contributed by atoms with Gasteiger partial charge in [-0.05, 0) is 57.4 Å². The SMILES string of the molecule is Cc1c(C(C)NC(=O)C2CC3CCCC(C2)C3N)oc2ccccc12.Cl. The van der Waals surface area contributed by atoms with Crippen molar-refractivity contribution in [1.82, 2.24) is 5.32 Å². The molecule has 5 heteroatoms. The van der Waals surface area contributed by atoms with Crippen LogP contribution in [-0.4, -0.2) is 11.9 Å². The standard InChI is InChI=1S/C21H28N2O2.ClH/c1-12-17-8-3-4-9-18(17)25-20(12)13(2)23-21(24)16-10-14-6-5-7-15(11-16)19(14)22;/h3-4,8-9,13-16,19H,5-7,10-11,22H2,1-2H3,(H,23,24);1H. The third kappa shape index (κ3) is 3.37. The number of halogens is 1. The highest BCUT2D eigenvalue weighted by molar-refractivity contribution is 5.85. The molecule has 4 nitrogen and oxygen atoms in total. The smallest absolute Gasteiger partial charge is 0.223 e. The molecular formula is C21H29ClN2O2. The third-order valence-electron chi connectivity index (χ3n) is 6.42. The van der Waals surface area contributed by atoms with Crippen LogP contribution in [0.25, 0.3) is 11.0 Å². The van der Waals surface area contributed by atoms with Crippen LogP contribution in [0.2, 0.25) is 0 Å². The van der Waals surface area contributed by atoms with Crippen molar-refractivity contribution in [2.75, 3.05) is 0 Å². The first-order valence-corrected chi connectivity index (χ1v) is 9.58. The number of para-hydroxylation sites is 1. The highest BCUT2D eigenvalue weighted by Gasteiger charge is 2.40. The molecule has 3 atom stereocenters. The minimum atomic E-state index is -0.115. The second-order valence-corrected chi connectivity index (χ2v) is 8.01. The largest absolute Gasteiger partial charge is 0.459 e. The molecule has 1 amide bonds. The number of nitrogens with two attached hydrogens (primary N) is 1. The van der Waals surface area contributed by atoms with Crippen molar-refractivity contribution >= 4 is 29.3 Å². The predicted octanol–water partition coefficient (Wildman–Crippen LogP) is 4.49. The van der Waals surface area contributed by atoms with E-state index in [1.165, 1.54) is 19.3 Å². The van der Waals surface area contributed by atoms with Crippen molar-refractivity contribution in [2.24, 2.45) is 23.5 Å². The number of nitrogens with one attached hydrogen (secondary N) is 1. The van der Waals surface area contributed by atoms with E-state index in [0.29, 0.717) is 17.9 Å². The van der Waals surface area contributed by atoms with Crippen LogP contribution in [0, 0.1) is 24.7 Å². The van der Waals surface area contributed by atoms with Gasteiger partial charge in [0.2, 0.25) is 5.91 Å². The lowest BCUT2D eigenvalue weighted by Gasteiger charge is -2.43. The zero-order chi connectivity index (χ0) is 17.6. The Hall–Kier alpha value is -1.52. The van der Waals surface area contributed by atoms with Gasteiger partial charge < -0.3 is 15.5 Å². The van der Waals surface area contributed by atoms with Crippen LogP contribution in [0.1, 0.15) is 56.4 Å². The fraction of sp³-hybridized carbons (Fsp3) is 0.571. The van der Waals surface area contributed by atoms with Gasteiger partial charge in [0.25, 0.3) is 0 Å². The first kappa shape index (κ1) is 19.2. The topological polar surface area (TPSA) is 68.3 Å². The number of fused-ring (bicyclic) bond motifs is 3. The molecule has 0 saturated heterocycles. The molecule has 2 aliphatic rings. The van der Waals surface area contributed by atoms with Gasteiger partial charge in [-0.15, -0.1) is 12.4 Å². The molecule has 2 fully saturated rings. The van der Waals surface area contributed by atoms with E-state index in [-0.39, 0.29) is 30.3 Å². The van der Waals surface area contributed by atoms with Gasteiger partial charge in [-0.1, -0.05) is 24.6 Å². The molecule has 1 heterocycles. The molecule has 2 saturated carbocycles. The van der Waals surface area contributed by atoms with Crippen molar-refractivity contribution in [3.8, 4) is 0 Å². The van der Waals surface area contributed by atoms with Crippen LogP contribution >= 0.6 is 12.4 Å². The van der Waals surface area contributed by atoms with Crippen LogP contribution in [0.15, 0.2) is 28.7 Å². The van der Waals surface area contributed by atoms with Crippen LogP contribution < -0.4 is 11.1 Å². The summed E-state index contributed by atoms with van der Waals surface area (Å²) in [6, 6.07) is 8.22. The van der Waals surface area contributed by atoms with Gasteiger partial charge in [-0.2, -0.15) is 0 Å². The summed E-state index contributed by atoms with van der Waals surface area (Å²) >= 11 is 0. The molecule has 26 heavy (non-hydrogen) atoms. The zero-order valence-corrected chi connectivity index (χ0v) is 16.4. The summed E-state index contributed by atoms with van der Waals surface area (Å²) in [4.78, 5) is 12.9. The summed E-state index contributed by atoms with van der Waals surface area (Å²) < 4.78 is 6.01. The number of furan rings is 1. The number of aryl methyl sites for hydroxylation is 1.